The van der Waals surface area contributed by atoms with Gasteiger partial charge in [0.25, 0.3) is 0 Å². The van der Waals surface area contributed by atoms with E-state index in [2.05, 4.69) is 14.8 Å². The zero-order valence-electron chi connectivity index (χ0n) is 6.04. The monoisotopic (exact) mass is 179 g/mol. The van der Waals surface area contributed by atoms with Gasteiger partial charge in [0.15, 0.2) is 0 Å². The van der Waals surface area contributed by atoms with Gasteiger partial charge in [-0.2, -0.15) is 0 Å². The normalized spacial score (nSPS) is 9.67. The van der Waals surface area contributed by atoms with Crippen LogP contribution in [-0.2, 0) is 0 Å². The summed E-state index contributed by atoms with van der Waals surface area (Å²) in [6, 6.07) is 9.40. The van der Waals surface area contributed by atoms with Crippen molar-refractivity contribution < 1.29 is 4.74 Å². The maximum absolute atomic E-state index is 5.30. The van der Waals surface area contributed by atoms with Gasteiger partial charge in [-0.1, -0.05) is 27.8 Å². The number of para-hydroxylation sites is 1. The second kappa shape index (κ2) is 3.27. The largest absolute Gasteiger partial charge is 0.429 e. The Kier molecular flexibility index (Phi) is 1.96. The molecule has 2 rings (SSSR count). The minimum atomic E-state index is 0.459. The van der Waals surface area contributed by atoms with Gasteiger partial charge in [0.2, 0.25) is 0 Å². The minimum Gasteiger partial charge on any atom is -0.429 e. The Morgan fingerprint density at radius 2 is 2.00 bits per heavy atom. The molecule has 0 aliphatic heterocycles. The van der Waals surface area contributed by atoms with E-state index < -0.39 is 0 Å². The van der Waals surface area contributed by atoms with E-state index in [0.29, 0.717) is 5.19 Å². The van der Waals surface area contributed by atoms with Gasteiger partial charge in [-0.15, -0.1) is 0 Å². The number of hydrogen-bond donors (Lipinski definition) is 0. The molecule has 1 heterocycles. The molecule has 60 valence electrons. The maximum atomic E-state index is 5.30. The van der Waals surface area contributed by atoms with Gasteiger partial charge in [0.1, 0.15) is 5.75 Å². The van der Waals surface area contributed by atoms with E-state index in [1.807, 2.05) is 30.3 Å². The van der Waals surface area contributed by atoms with E-state index >= 15 is 0 Å². The molecule has 2 aromatic rings. The van der Waals surface area contributed by atoms with Crippen LogP contribution >= 0.6 is 11.5 Å². The number of nitrogens with zero attached hydrogens (tertiary/aromatic N) is 3. The molecule has 0 saturated heterocycles. The Labute approximate surface area is 73.0 Å². The van der Waals surface area contributed by atoms with Crippen molar-refractivity contribution >= 4 is 11.5 Å². The summed E-state index contributed by atoms with van der Waals surface area (Å²) in [6.45, 7) is 0. The smallest absolute Gasteiger partial charge is 0.319 e. The van der Waals surface area contributed by atoms with Crippen LogP contribution in [0.15, 0.2) is 30.3 Å². The highest BCUT2D eigenvalue weighted by molar-refractivity contribution is 7.07. The highest BCUT2D eigenvalue weighted by Gasteiger charge is 1.98. The molecule has 0 radical (unpaired) electrons. The summed E-state index contributed by atoms with van der Waals surface area (Å²) in [5, 5.41) is 7.52. The van der Waals surface area contributed by atoms with E-state index in [1.165, 1.54) is 0 Å². The van der Waals surface area contributed by atoms with Crippen molar-refractivity contribution in [2.75, 3.05) is 0 Å². The molecule has 0 unspecified atom stereocenters. The molecule has 5 heteroatoms. The van der Waals surface area contributed by atoms with Gasteiger partial charge in [-0.25, -0.2) is 0 Å². The van der Waals surface area contributed by atoms with Gasteiger partial charge < -0.3 is 4.74 Å². The van der Waals surface area contributed by atoms with Crippen LogP contribution < -0.4 is 4.74 Å². The van der Waals surface area contributed by atoms with Crippen LogP contribution in [-0.4, -0.2) is 14.8 Å². The fourth-order valence-corrected chi connectivity index (χ4v) is 1.10. The number of benzene rings is 1. The molecule has 4 nitrogen and oxygen atoms in total. The number of aromatic nitrogens is 3. The molecule has 0 atom stereocenters. The summed E-state index contributed by atoms with van der Waals surface area (Å²) >= 11 is 1.12. The fraction of sp³-hybridized carbons (Fsp3) is 0. The molecule has 1 aromatic carbocycles. The lowest BCUT2D eigenvalue weighted by Gasteiger charge is -1.97. The van der Waals surface area contributed by atoms with Crippen molar-refractivity contribution in [3.63, 3.8) is 0 Å². The van der Waals surface area contributed by atoms with Gasteiger partial charge in [-0.05, 0) is 17.3 Å². The van der Waals surface area contributed by atoms with Gasteiger partial charge in [0.05, 0.1) is 0 Å². The van der Waals surface area contributed by atoms with Crippen LogP contribution in [0.2, 0.25) is 0 Å². The van der Waals surface area contributed by atoms with Crippen molar-refractivity contribution in [2.24, 2.45) is 0 Å². The van der Waals surface area contributed by atoms with E-state index in [9.17, 15) is 0 Å². The van der Waals surface area contributed by atoms with Gasteiger partial charge >= 0.3 is 5.19 Å². The van der Waals surface area contributed by atoms with Crippen LogP contribution in [0.4, 0.5) is 0 Å². The van der Waals surface area contributed by atoms with E-state index in [-0.39, 0.29) is 0 Å². The van der Waals surface area contributed by atoms with Crippen molar-refractivity contribution in [1.29, 1.82) is 0 Å². The second-order valence-electron chi connectivity index (χ2n) is 2.04. The van der Waals surface area contributed by atoms with Crippen molar-refractivity contribution in [2.45, 2.75) is 0 Å². The number of ether oxygens (including phenoxy) is 1. The molecule has 1 aromatic heterocycles. The van der Waals surface area contributed by atoms with Crippen LogP contribution in [0.25, 0.3) is 0 Å². The van der Waals surface area contributed by atoms with E-state index in [0.717, 1.165) is 17.3 Å². The fourth-order valence-electron chi connectivity index (χ4n) is 0.755. The highest BCUT2D eigenvalue weighted by Crippen LogP contribution is 2.19. The number of rotatable bonds is 2. The van der Waals surface area contributed by atoms with Crippen molar-refractivity contribution in [3.05, 3.63) is 30.3 Å². The lowest BCUT2D eigenvalue weighted by atomic mass is 10.3. The van der Waals surface area contributed by atoms with Gasteiger partial charge in [-0.3, -0.25) is 0 Å². The summed E-state index contributed by atoms with van der Waals surface area (Å²) in [7, 11) is 0. The topological polar surface area (TPSA) is 47.9 Å². The summed E-state index contributed by atoms with van der Waals surface area (Å²) < 4.78 is 8.87. The quantitative estimate of drug-likeness (QED) is 0.704. The molecule has 0 saturated carbocycles. The second-order valence-corrected chi connectivity index (χ2v) is 2.74. The Morgan fingerprint density at radius 1 is 1.17 bits per heavy atom. The number of hydrogen-bond acceptors (Lipinski definition) is 5. The Bertz CT molecular complexity index is 335. The van der Waals surface area contributed by atoms with Crippen molar-refractivity contribution in [1.82, 2.24) is 14.8 Å². The van der Waals surface area contributed by atoms with Gasteiger partial charge in [0, 0.05) is 11.5 Å². The lowest BCUT2D eigenvalue weighted by Crippen LogP contribution is -1.81. The third-order valence-electron chi connectivity index (χ3n) is 1.23. The Hall–Kier alpha value is -1.49. The SMILES string of the molecule is c1ccc(Oc2nnns2)cc1. The first kappa shape index (κ1) is 7.17. The van der Waals surface area contributed by atoms with Crippen LogP contribution in [0.5, 0.6) is 10.9 Å². The minimum absolute atomic E-state index is 0.459. The molecule has 0 fully saturated rings. The van der Waals surface area contributed by atoms with E-state index in [4.69, 9.17) is 4.74 Å². The first-order chi connectivity index (χ1) is 5.95. The predicted molar refractivity (Wildman–Crippen MR) is 44.2 cm³/mol. The average molecular weight is 179 g/mol. The summed E-state index contributed by atoms with van der Waals surface area (Å²) in [5.74, 6) is 0.746. The molecule has 0 aliphatic carbocycles. The highest BCUT2D eigenvalue weighted by atomic mass is 32.1. The summed E-state index contributed by atoms with van der Waals surface area (Å²) in [4.78, 5) is 0. The lowest BCUT2D eigenvalue weighted by molar-refractivity contribution is 0.472. The van der Waals surface area contributed by atoms with Crippen molar-refractivity contribution in [3.8, 4) is 10.9 Å². The first-order valence-electron chi connectivity index (χ1n) is 3.33. The van der Waals surface area contributed by atoms with Crippen LogP contribution in [0.1, 0.15) is 0 Å². The average Bonchev–Trinajstić information content (AvgIpc) is 2.59. The standard InChI is InChI=1S/C7H5N3OS/c1-2-4-6(5-3-1)11-7-8-9-10-12-7/h1-5H. The Morgan fingerprint density at radius 3 is 2.67 bits per heavy atom. The molecule has 0 bridgehead atoms. The molecule has 0 N–H and O–H groups in total. The first-order valence-corrected chi connectivity index (χ1v) is 4.10. The zero-order chi connectivity index (χ0) is 8.23. The van der Waals surface area contributed by atoms with E-state index in [1.54, 1.807) is 0 Å². The predicted octanol–water partition coefficient (Wildman–Crippen LogP) is 1.73. The molecule has 0 aliphatic rings. The Balaban J connectivity index is 2.15. The third kappa shape index (κ3) is 1.57. The molecule has 0 amide bonds. The maximum Gasteiger partial charge on any atom is 0.319 e. The molecular weight excluding hydrogens is 174 g/mol. The molecule has 0 spiro atoms. The molecule has 12 heavy (non-hydrogen) atoms. The summed E-state index contributed by atoms with van der Waals surface area (Å²) in [5.41, 5.74) is 0. The van der Waals surface area contributed by atoms with Crippen LogP contribution in [0.3, 0.4) is 0 Å². The summed E-state index contributed by atoms with van der Waals surface area (Å²) in [6.07, 6.45) is 0. The third-order valence-corrected chi connectivity index (χ3v) is 1.71. The molecular formula is C7H5N3OS. The zero-order valence-corrected chi connectivity index (χ0v) is 6.86. The van der Waals surface area contributed by atoms with Crippen LogP contribution in [0, 0.1) is 0 Å².